The summed E-state index contributed by atoms with van der Waals surface area (Å²) in [4.78, 5) is 11.9. The van der Waals surface area contributed by atoms with Crippen molar-refractivity contribution in [2.45, 2.75) is 65.4 Å². The fourth-order valence-electron chi connectivity index (χ4n) is 1.51. The van der Waals surface area contributed by atoms with E-state index in [1.54, 1.807) is 20.8 Å². The molecule has 2 unspecified atom stereocenters. The standard InChI is InChI=1S/C12H21N3O5.C4H10O/c1-7(9(16)20-11(2,3)4)12(13,17)10-15-14-8(19-10)6-18-5;1-2-3-4-5/h7,17H,6,13H2,1-5H3;5H,2-4H2,1H3. The lowest BCUT2D eigenvalue weighted by molar-refractivity contribution is -0.171. The van der Waals surface area contributed by atoms with Crippen LogP contribution < -0.4 is 5.73 Å². The SMILES string of the molecule is CCCCO.COCc1nnc(C(N)(O)C(C)C(=O)OC(C)(C)C)o1. The molecule has 0 aromatic carbocycles. The van der Waals surface area contributed by atoms with Gasteiger partial charge in [0, 0.05) is 13.7 Å². The van der Waals surface area contributed by atoms with Gasteiger partial charge in [-0.1, -0.05) is 13.3 Å². The third kappa shape index (κ3) is 8.39. The highest BCUT2D eigenvalue weighted by atomic mass is 16.6. The number of carbonyl (C=O) groups is 1. The molecule has 9 heteroatoms. The minimum Gasteiger partial charge on any atom is -0.460 e. The number of hydrogen-bond donors (Lipinski definition) is 3. The number of unbranched alkanes of at least 4 members (excludes halogenated alkanes) is 1. The van der Waals surface area contributed by atoms with Crippen LogP contribution in [0.2, 0.25) is 0 Å². The number of nitrogens with zero attached hydrogens (tertiary/aromatic N) is 2. The Bertz CT molecular complexity index is 508. The molecule has 146 valence electrons. The van der Waals surface area contributed by atoms with E-state index in [9.17, 15) is 9.90 Å². The van der Waals surface area contributed by atoms with Crippen molar-refractivity contribution in [3.63, 3.8) is 0 Å². The van der Waals surface area contributed by atoms with Gasteiger partial charge in [0.15, 0.2) is 0 Å². The molecule has 0 amide bonds. The number of nitrogens with two attached hydrogens (primary N) is 1. The highest BCUT2D eigenvalue weighted by Crippen LogP contribution is 2.26. The first-order valence-corrected chi connectivity index (χ1v) is 8.16. The molecule has 0 aliphatic heterocycles. The number of aromatic nitrogens is 2. The molecule has 1 heterocycles. The molecule has 0 spiro atoms. The number of methoxy groups -OCH3 is 1. The van der Waals surface area contributed by atoms with Crippen LogP contribution in [0, 0.1) is 5.92 Å². The van der Waals surface area contributed by atoms with Crippen LogP contribution in [0.25, 0.3) is 0 Å². The Balaban J connectivity index is 0.00000101. The van der Waals surface area contributed by atoms with E-state index >= 15 is 0 Å². The van der Waals surface area contributed by atoms with E-state index < -0.39 is 23.2 Å². The Hall–Kier alpha value is -1.55. The van der Waals surface area contributed by atoms with Crippen molar-refractivity contribution in [2.24, 2.45) is 11.7 Å². The number of aliphatic hydroxyl groups excluding tert-OH is 1. The Morgan fingerprint density at radius 2 is 1.96 bits per heavy atom. The van der Waals surface area contributed by atoms with E-state index in [4.69, 9.17) is 24.7 Å². The van der Waals surface area contributed by atoms with Crippen LogP contribution in [0.3, 0.4) is 0 Å². The van der Waals surface area contributed by atoms with Crippen molar-refractivity contribution in [3.8, 4) is 0 Å². The zero-order valence-electron chi connectivity index (χ0n) is 15.9. The largest absolute Gasteiger partial charge is 0.460 e. The van der Waals surface area contributed by atoms with Gasteiger partial charge in [0.2, 0.25) is 11.6 Å². The molecule has 25 heavy (non-hydrogen) atoms. The fraction of sp³-hybridized carbons (Fsp3) is 0.812. The van der Waals surface area contributed by atoms with E-state index in [0.717, 1.165) is 12.8 Å². The van der Waals surface area contributed by atoms with Crippen molar-refractivity contribution < 1.29 is 28.9 Å². The minimum atomic E-state index is -2.11. The summed E-state index contributed by atoms with van der Waals surface area (Å²) in [5.41, 5.74) is 2.94. The lowest BCUT2D eigenvalue weighted by Gasteiger charge is -2.28. The molecule has 2 atom stereocenters. The predicted molar refractivity (Wildman–Crippen MR) is 90.1 cm³/mol. The molecular weight excluding hydrogens is 330 g/mol. The van der Waals surface area contributed by atoms with Gasteiger partial charge in [-0.2, -0.15) is 0 Å². The first kappa shape index (κ1) is 23.4. The molecule has 4 N–H and O–H groups in total. The van der Waals surface area contributed by atoms with E-state index in [0.29, 0.717) is 6.61 Å². The highest BCUT2D eigenvalue weighted by molar-refractivity contribution is 5.73. The summed E-state index contributed by atoms with van der Waals surface area (Å²) in [5, 5.41) is 25.6. The monoisotopic (exact) mass is 361 g/mol. The second-order valence-corrected chi connectivity index (χ2v) is 6.59. The number of hydrogen-bond acceptors (Lipinski definition) is 9. The van der Waals surface area contributed by atoms with E-state index in [1.165, 1.54) is 14.0 Å². The van der Waals surface area contributed by atoms with Crippen molar-refractivity contribution in [1.29, 1.82) is 0 Å². The third-order valence-corrected chi connectivity index (χ3v) is 3.01. The topological polar surface area (TPSA) is 141 Å². The number of esters is 1. The fourth-order valence-corrected chi connectivity index (χ4v) is 1.51. The maximum atomic E-state index is 11.9. The molecule has 1 aromatic rings. The second-order valence-electron chi connectivity index (χ2n) is 6.59. The number of ether oxygens (including phenoxy) is 2. The molecule has 0 bridgehead atoms. The average Bonchev–Trinajstić information content (AvgIpc) is 2.96. The van der Waals surface area contributed by atoms with Crippen LogP contribution >= 0.6 is 0 Å². The quantitative estimate of drug-likeness (QED) is 0.480. The number of carbonyl (C=O) groups excluding carboxylic acids is 1. The van der Waals surface area contributed by atoms with Crippen LogP contribution in [0.5, 0.6) is 0 Å². The molecule has 0 saturated heterocycles. The van der Waals surface area contributed by atoms with Gasteiger partial charge in [0.05, 0.1) is 0 Å². The van der Waals surface area contributed by atoms with Gasteiger partial charge < -0.3 is 24.1 Å². The molecular formula is C16H31N3O6. The van der Waals surface area contributed by atoms with Crippen molar-refractivity contribution in [3.05, 3.63) is 11.8 Å². The van der Waals surface area contributed by atoms with Gasteiger partial charge in [-0.25, -0.2) is 0 Å². The van der Waals surface area contributed by atoms with Gasteiger partial charge in [0.25, 0.3) is 5.89 Å². The summed E-state index contributed by atoms with van der Waals surface area (Å²) < 4.78 is 15.1. The lowest BCUT2D eigenvalue weighted by atomic mass is 9.98. The molecule has 0 aliphatic rings. The molecule has 9 nitrogen and oxygen atoms in total. The smallest absolute Gasteiger partial charge is 0.314 e. The van der Waals surface area contributed by atoms with E-state index in [1.807, 2.05) is 0 Å². The summed E-state index contributed by atoms with van der Waals surface area (Å²) in [5.74, 6) is -1.84. The van der Waals surface area contributed by atoms with Crippen LogP contribution in [0.15, 0.2) is 4.42 Å². The summed E-state index contributed by atoms with van der Waals surface area (Å²) in [6, 6.07) is 0. The Morgan fingerprint density at radius 3 is 2.36 bits per heavy atom. The second kappa shape index (κ2) is 10.4. The Labute approximate surface area is 148 Å². The minimum absolute atomic E-state index is 0.0872. The first-order valence-electron chi connectivity index (χ1n) is 8.16. The van der Waals surface area contributed by atoms with Crippen LogP contribution in [-0.2, 0) is 26.6 Å². The van der Waals surface area contributed by atoms with Crippen molar-refractivity contribution in [2.75, 3.05) is 13.7 Å². The summed E-state index contributed by atoms with van der Waals surface area (Å²) in [6.07, 6.45) is 2.04. The zero-order chi connectivity index (χ0) is 19.7. The molecule has 0 radical (unpaired) electrons. The maximum absolute atomic E-state index is 11.9. The normalized spacial score (nSPS) is 14.9. The van der Waals surface area contributed by atoms with Gasteiger partial charge >= 0.3 is 5.97 Å². The average molecular weight is 361 g/mol. The van der Waals surface area contributed by atoms with E-state index in [-0.39, 0.29) is 18.4 Å². The van der Waals surface area contributed by atoms with Crippen molar-refractivity contribution in [1.82, 2.24) is 10.2 Å². The summed E-state index contributed by atoms with van der Waals surface area (Å²) in [6.45, 7) is 9.06. The Kier molecular flexibility index (Phi) is 9.80. The van der Waals surface area contributed by atoms with Crippen LogP contribution in [-0.4, -0.2) is 45.7 Å². The predicted octanol–water partition coefficient (Wildman–Crippen LogP) is 1.08. The van der Waals surface area contributed by atoms with Crippen molar-refractivity contribution >= 4 is 5.97 Å². The third-order valence-electron chi connectivity index (χ3n) is 3.01. The molecule has 0 saturated carbocycles. The summed E-state index contributed by atoms with van der Waals surface area (Å²) >= 11 is 0. The van der Waals surface area contributed by atoms with Gasteiger partial charge in [-0.3, -0.25) is 10.5 Å². The maximum Gasteiger partial charge on any atom is 0.314 e. The zero-order valence-corrected chi connectivity index (χ0v) is 15.9. The first-order chi connectivity index (χ1) is 11.5. The highest BCUT2D eigenvalue weighted by Gasteiger charge is 2.43. The molecule has 1 aromatic heterocycles. The van der Waals surface area contributed by atoms with Gasteiger partial charge in [-0.15, -0.1) is 10.2 Å². The lowest BCUT2D eigenvalue weighted by Crippen LogP contribution is -2.48. The van der Waals surface area contributed by atoms with E-state index in [2.05, 4.69) is 17.1 Å². The van der Waals surface area contributed by atoms with Crippen LogP contribution in [0.4, 0.5) is 0 Å². The molecule has 0 aliphatic carbocycles. The molecule has 0 fully saturated rings. The van der Waals surface area contributed by atoms with Gasteiger partial charge in [-0.05, 0) is 34.1 Å². The summed E-state index contributed by atoms with van der Waals surface area (Å²) in [7, 11) is 1.46. The number of rotatable bonds is 7. The van der Waals surface area contributed by atoms with Crippen LogP contribution in [0.1, 0.15) is 59.2 Å². The Morgan fingerprint density at radius 1 is 1.36 bits per heavy atom. The number of aliphatic hydroxyl groups is 2. The van der Waals surface area contributed by atoms with Gasteiger partial charge in [0.1, 0.15) is 18.1 Å². The molecule has 1 rings (SSSR count).